The average molecular weight is 284 g/mol. The zero-order chi connectivity index (χ0) is 13.7. The van der Waals surface area contributed by atoms with Crippen LogP contribution in [0.4, 0.5) is 5.82 Å². The molecule has 0 aliphatic carbocycles. The first-order valence-corrected chi connectivity index (χ1v) is 7.32. The fourth-order valence-corrected chi connectivity index (χ4v) is 2.72. The van der Waals surface area contributed by atoms with Crippen molar-refractivity contribution in [2.45, 2.75) is 24.3 Å². The van der Waals surface area contributed by atoms with Crippen LogP contribution in [0.25, 0.3) is 0 Å². The number of aryl methyl sites for hydroxylation is 1. The minimum atomic E-state index is -3.57. The molecule has 0 unspecified atom stereocenters. The van der Waals surface area contributed by atoms with E-state index in [1.807, 2.05) is 10.8 Å². The molecular weight excluding hydrogens is 268 g/mol. The Bertz CT molecular complexity index is 604. The van der Waals surface area contributed by atoms with Crippen LogP contribution in [0.15, 0.2) is 29.8 Å². The maximum Gasteiger partial charge on any atom is 0.245 e. The van der Waals surface area contributed by atoms with Gasteiger partial charge in [-0.25, -0.2) is 18.1 Å². The number of anilines is 1. The summed E-state index contributed by atoms with van der Waals surface area (Å²) in [6.07, 6.45) is 8.11. The lowest BCUT2D eigenvalue weighted by atomic mass is 10.3. The van der Waals surface area contributed by atoms with E-state index in [0.717, 1.165) is 19.4 Å². The molecule has 0 amide bonds. The quantitative estimate of drug-likeness (QED) is 0.616. The molecule has 0 bridgehead atoms. The Labute approximate surface area is 111 Å². The van der Waals surface area contributed by atoms with E-state index < -0.39 is 10.0 Å². The molecule has 0 saturated carbocycles. The molecule has 2 rings (SSSR count). The van der Waals surface area contributed by atoms with Crippen molar-refractivity contribution in [3.8, 4) is 0 Å². The second-order valence-electron chi connectivity index (χ2n) is 4.05. The van der Waals surface area contributed by atoms with Gasteiger partial charge in [-0.05, 0) is 12.8 Å². The van der Waals surface area contributed by atoms with E-state index in [2.05, 4.69) is 19.9 Å². The molecule has 0 aromatic carbocycles. The number of rotatable bonds is 7. The third-order valence-corrected chi connectivity index (χ3v) is 4.10. The van der Waals surface area contributed by atoms with E-state index in [4.69, 9.17) is 5.73 Å². The first kappa shape index (κ1) is 13.6. The van der Waals surface area contributed by atoms with Crippen LogP contribution in [0, 0.1) is 0 Å². The third-order valence-electron chi connectivity index (χ3n) is 2.62. The second-order valence-corrected chi connectivity index (χ2v) is 5.79. The van der Waals surface area contributed by atoms with E-state index in [1.165, 1.54) is 6.20 Å². The Kier molecular flexibility index (Phi) is 4.17. The first-order valence-electron chi connectivity index (χ1n) is 5.84. The highest BCUT2D eigenvalue weighted by Gasteiger charge is 2.18. The first-order chi connectivity index (χ1) is 9.09. The number of nitrogens with zero attached hydrogens (tertiary/aromatic N) is 3. The lowest BCUT2D eigenvalue weighted by molar-refractivity contribution is 0.566. The summed E-state index contributed by atoms with van der Waals surface area (Å²) in [6.45, 7) is 1.18. The molecule has 0 radical (unpaired) electrons. The molecule has 0 aliphatic rings. The van der Waals surface area contributed by atoms with Crippen LogP contribution in [0.3, 0.4) is 0 Å². The minimum absolute atomic E-state index is 0.0119. The molecule has 2 aromatic rings. The van der Waals surface area contributed by atoms with Gasteiger partial charge in [-0.2, -0.15) is 5.10 Å². The standard InChI is InChI=1S/C10H16N6O2S/c11-10-9(7-13-15-10)19(17,18)14-3-1-2-5-16-6-4-12-8-16/h4,6-8,14H,1-3,5H2,(H3,11,13,15). The summed E-state index contributed by atoms with van der Waals surface area (Å²) < 4.78 is 28.1. The molecule has 2 aromatic heterocycles. The predicted molar refractivity (Wildman–Crippen MR) is 69.6 cm³/mol. The highest BCUT2D eigenvalue weighted by Crippen LogP contribution is 2.13. The average Bonchev–Trinajstić information content (AvgIpc) is 2.99. The Morgan fingerprint density at radius 1 is 1.42 bits per heavy atom. The Morgan fingerprint density at radius 2 is 2.26 bits per heavy atom. The SMILES string of the molecule is Nc1[nH]ncc1S(=O)(=O)NCCCCn1ccnc1. The number of nitrogens with two attached hydrogens (primary N) is 1. The number of hydrogen-bond acceptors (Lipinski definition) is 5. The summed E-state index contributed by atoms with van der Waals surface area (Å²) in [6, 6.07) is 0. The van der Waals surface area contributed by atoms with Crippen LogP contribution in [0.5, 0.6) is 0 Å². The van der Waals surface area contributed by atoms with Crippen molar-refractivity contribution < 1.29 is 8.42 Å². The van der Waals surface area contributed by atoms with Gasteiger partial charge >= 0.3 is 0 Å². The van der Waals surface area contributed by atoms with Crippen molar-refractivity contribution in [3.63, 3.8) is 0 Å². The summed E-state index contributed by atoms with van der Waals surface area (Å²) in [5.74, 6) is 0.0471. The molecule has 19 heavy (non-hydrogen) atoms. The minimum Gasteiger partial charge on any atom is -0.383 e. The Morgan fingerprint density at radius 3 is 2.89 bits per heavy atom. The molecule has 9 heteroatoms. The van der Waals surface area contributed by atoms with Gasteiger partial charge in [0, 0.05) is 25.5 Å². The van der Waals surface area contributed by atoms with Crippen LogP contribution in [0.1, 0.15) is 12.8 Å². The number of sulfonamides is 1. The summed E-state index contributed by atoms with van der Waals surface area (Å²) in [5, 5.41) is 5.98. The molecular formula is C10H16N6O2S. The summed E-state index contributed by atoms with van der Waals surface area (Å²) in [5.41, 5.74) is 5.47. The number of aromatic nitrogens is 4. The molecule has 0 spiro atoms. The van der Waals surface area contributed by atoms with Gasteiger partial charge < -0.3 is 10.3 Å². The highest BCUT2D eigenvalue weighted by atomic mass is 32.2. The highest BCUT2D eigenvalue weighted by molar-refractivity contribution is 7.89. The number of nitrogens with one attached hydrogen (secondary N) is 2. The monoisotopic (exact) mass is 284 g/mol. The van der Waals surface area contributed by atoms with Crippen molar-refractivity contribution in [1.82, 2.24) is 24.5 Å². The maximum atomic E-state index is 11.8. The number of unbranched alkanes of at least 4 members (excludes halogenated alkanes) is 1. The number of hydrogen-bond donors (Lipinski definition) is 3. The van der Waals surface area contributed by atoms with Crippen LogP contribution in [-0.4, -0.2) is 34.7 Å². The predicted octanol–water partition coefficient (Wildman–Crippen LogP) is -0.0529. The zero-order valence-electron chi connectivity index (χ0n) is 10.3. The summed E-state index contributed by atoms with van der Waals surface area (Å²) in [4.78, 5) is 3.92. The third kappa shape index (κ3) is 3.55. The number of aromatic amines is 1. The van der Waals surface area contributed by atoms with E-state index >= 15 is 0 Å². The van der Waals surface area contributed by atoms with Crippen molar-refractivity contribution in [3.05, 3.63) is 24.9 Å². The van der Waals surface area contributed by atoms with Gasteiger partial charge in [-0.15, -0.1) is 0 Å². The number of imidazole rings is 1. The van der Waals surface area contributed by atoms with E-state index in [-0.39, 0.29) is 10.7 Å². The molecule has 4 N–H and O–H groups in total. The van der Waals surface area contributed by atoms with Crippen LogP contribution < -0.4 is 10.5 Å². The normalized spacial score (nSPS) is 11.8. The van der Waals surface area contributed by atoms with E-state index in [9.17, 15) is 8.42 Å². The molecule has 0 atom stereocenters. The fraction of sp³-hybridized carbons (Fsp3) is 0.400. The molecule has 0 fully saturated rings. The fourth-order valence-electron chi connectivity index (χ4n) is 1.62. The van der Waals surface area contributed by atoms with Gasteiger partial charge in [0.05, 0.1) is 12.5 Å². The Balaban J connectivity index is 1.75. The number of nitrogen functional groups attached to an aromatic ring is 1. The molecule has 0 saturated heterocycles. The van der Waals surface area contributed by atoms with Gasteiger partial charge in [-0.1, -0.05) is 0 Å². The van der Waals surface area contributed by atoms with Crippen LogP contribution in [-0.2, 0) is 16.6 Å². The summed E-state index contributed by atoms with van der Waals surface area (Å²) in [7, 11) is -3.57. The van der Waals surface area contributed by atoms with E-state index in [1.54, 1.807) is 12.5 Å². The van der Waals surface area contributed by atoms with Gasteiger partial charge in [0.1, 0.15) is 10.7 Å². The van der Waals surface area contributed by atoms with Crippen molar-refractivity contribution >= 4 is 15.8 Å². The van der Waals surface area contributed by atoms with Gasteiger partial charge in [0.15, 0.2) is 0 Å². The maximum absolute atomic E-state index is 11.8. The van der Waals surface area contributed by atoms with Crippen molar-refractivity contribution in [2.24, 2.45) is 0 Å². The largest absolute Gasteiger partial charge is 0.383 e. The molecule has 2 heterocycles. The smallest absolute Gasteiger partial charge is 0.245 e. The van der Waals surface area contributed by atoms with E-state index in [0.29, 0.717) is 6.54 Å². The molecule has 8 nitrogen and oxygen atoms in total. The van der Waals surface area contributed by atoms with Gasteiger partial charge in [0.2, 0.25) is 10.0 Å². The topological polar surface area (TPSA) is 119 Å². The Hall–Kier alpha value is -1.87. The van der Waals surface area contributed by atoms with Crippen LogP contribution in [0.2, 0.25) is 0 Å². The molecule has 104 valence electrons. The molecule has 0 aliphatic heterocycles. The van der Waals surface area contributed by atoms with Crippen molar-refractivity contribution in [1.29, 1.82) is 0 Å². The van der Waals surface area contributed by atoms with Gasteiger partial charge in [-0.3, -0.25) is 5.10 Å². The zero-order valence-corrected chi connectivity index (χ0v) is 11.1. The van der Waals surface area contributed by atoms with Crippen molar-refractivity contribution in [2.75, 3.05) is 12.3 Å². The second kappa shape index (κ2) is 5.85. The lowest BCUT2D eigenvalue weighted by Gasteiger charge is -2.05. The lowest BCUT2D eigenvalue weighted by Crippen LogP contribution is -2.25. The number of H-pyrrole nitrogens is 1. The van der Waals surface area contributed by atoms with Gasteiger partial charge in [0.25, 0.3) is 0 Å². The van der Waals surface area contributed by atoms with Crippen LogP contribution >= 0.6 is 0 Å². The summed E-state index contributed by atoms with van der Waals surface area (Å²) >= 11 is 0.